The van der Waals surface area contributed by atoms with Crippen molar-refractivity contribution in [2.75, 3.05) is 0 Å². The molecule has 0 spiro atoms. The lowest BCUT2D eigenvalue weighted by molar-refractivity contribution is 0.513. The average molecular weight is 397 g/mol. The smallest absolute Gasteiger partial charge is 0.0170 e. The summed E-state index contributed by atoms with van der Waals surface area (Å²) in [6.07, 6.45) is 3.72. The Morgan fingerprint density at radius 1 is 0.516 bits per heavy atom. The highest BCUT2D eigenvalue weighted by Gasteiger charge is 2.37. The zero-order valence-electron chi connectivity index (χ0n) is 17.5. The van der Waals surface area contributed by atoms with Crippen molar-refractivity contribution in [1.29, 1.82) is 0 Å². The standard InChI is InChI=1S/C31H24/c1-2-9-21-20(8-1)16-17-26-22-14-7-15-30(27(22)19-18-25(21)26)31-28-12-5-3-10-23(28)24-11-4-6-13-29(24)31/h1-6,8-13,16-19,30-31H,7,14-15H2. The first-order valence-corrected chi connectivity index (χ1v) is 11.5. The molecule has 2 aliphatic carbocycles. The fourth-order valence-electron chi connectivity index (χ4n) is 6.42. The molecule has 0 aliphatic heterocycles. The van der Waals surface area contributed by atoms with Gasteiger partial charge in [0, 0.05) is 5.92 Å². The Balaban J connectivity index is 1.46. The Morgan fingerprint density at radius 2 is 1.19 bits per heavy atom. The van der Waals surface area contributed by atoms with Crippen LogP contribution in [0.3, 0.4) is 0 Å². The molecule has 0 heteroatoms. The molecule has 2 aliphatic rings. The van der Waals surface area contributed by atoms with Crippen LogP contribution in [0.4, 0.5) is 0 Å². The van der Waals surface area contributed by atoms with Gasteiger partial charge in [-0.15, -0.1) is 0 Å². The van der Waals surface area contributed by atoms with E-state index in [0.29, 0.717) is 11.8 Å². The maximum atomic E-state index is 2.46. The Kier molecular flexibility index (Phi) is 3.66. The largest absolute Gasteiger partial charge is 0.0619 e. The summed E-state index contributed by atoms with van der Waals surface area (Å²) < 4.78 is 0. The fourth-order valence-corrected chi connectivity index (χ4v) is 6.42. The van der Waals surface area contributed by atoms with E-state index in [-0.39, 0.29) is 0 Å². The molecule has 1 unspecified atom stereocenters. The molecule has 0 nitrogen and oxygen atoms in total. The van der Waals surface area contributed by atoms with E-state index in [0.717, 1.165) is 0 Å². The summed E-state index contributed by atoms with van der Waals surface area (Å²) in [4.78, 5) is 0. The second kappa shape index (κ2) is 6.56. The van der Waals surface area contributed by atoms with E-state index < -0.39 is 0 Å². The van der Waals surface area contributed by atoms with E-state index in [4.69, 9.17) is 0 Å². The molecule has 7 rings (SSSR count). The van der Waals surface area contributed by atoms with Crippen molar-refractivity contribution in [3.63, 3.8) is 0 Å². The first kappa shape index (κ1) is 17.3. The second-order valence-corrected chi connectivity index (χ2v) is 9.17. The molecule has 0 radical (unpaired) electrons. The number of hydrogen-bond acceptors (Lipinski definition) is 0. The highest BCUT2D eigenvalue weighted by Crippen LogP contribution is 2.54. The molecule has 0 N–H and O–H groups in total. The average Bonchev–Trinajstić information content (AvgIpc) is 3.17. The molecular weight excluding hydrogens is 372 g/mol. The van der Waals surface area contributed by atoms with Crippen LogP contribution in [-0.2, 0) is 6.42 Å². The van der Waals surface area contributed by atoms with Crippen LogP contribution in [0.2, 0.25) is 0 Å². The van der Waals surface area contributed by atoms with E-state index in [1.807, 2.05) is 0 Å². The summed E-state index contributed by atoms with van der Waals surface area (Å²) >= 11 is 0. The van der Waals surface area contributed by atoms with Gasteiger partial charge in [-0.3, -0.25) is 0 Å². The van der Waals surface area contributed by atoms with Gasteiger partial charge in [-0.1, -0.05) is 97.1 Å². The first-order chi connectivity index (χ1) is 15.4. The van der Waals surface area contributed by atoms with Gasteiger partial charge in [0.1, 0.15) is 0 Å². The van der Waals surface area contributed by atoms with Crippen LogP contribution in [0.5, 0.6) is 0 Å². The zero-order chi connectivity index (χ0) is 20.4. The maximum Gasteiger partial charge on any atom is 0.0170 e. The van der Waals surface area contributed by atoms with Gasteiger partial charge in [-0.2, -0.15) is 0 Å². The van der Waals surface area contributed by atoms with Gasteiger partial charge in [-0.05, 0) is 80.1 Å². The molecule has 0 aromatic heterocycles. The van der Waals surface area contributed by atoms with Crippen LogP contribution in [0.15, 0.2) is 97.1 Å². The molecule has 0 fully saturated rings. The number of hydrogen-bond donors (Lipinski definition) is 0. The Hall–Kier alpha value is -3.38. The summed E-state index contributed by atoms with van der Waals surface area (Å²) in [6.45, 7) is 0. The molecule has 0 saturated carbocycles. The summed E-state index contributed by atoms with van der Waals surface area (Å²) in [7, 11) is 0. The minimum Gasteiger partial charge on any atom is -0.0619 e. The van der Waals surface area contributed by atoms with Gasteiger partial charge in [-0.25, -0.2) is 0 Å². The number of rotatable bonds is 1. The number of benzene rings is 5. The van der Waals surface area contributed by atoms with Crippen LogP contribution in [0.25, 0.3) is 32.7 Å². The van der Waals surface area contributed by atoms with Crippen LogP contribution >= 0.6 is 0 Å². The van der Waals surface area contributed by atoms with E-state index in [9.17, 15) is 0 Å². The first-order valence-electron chi connectivity index (χ1n) is 11.5. The van der Waals surface area contributed by atoms with Gasteiger partial charge in [0.2, 0.25) is 0 Å². The third-order valence-corrected chi connectivity index (χ3v) is 7.70. The van der Waals surface area contributed by atoms with Gasteiger partial charge in [0.25, 0.3) is 0 Å². The molecule has 1 atom stereocenters. The topological polar surface area (TPSA) is 0 Å². The van der Waals surface area contributed by atoms with Crippen LogP contribution in [0, 0.1) is 0 Å². The molecule has 31 heavy (non-hydrogen) atoms. The third kappa shape index (κ3) is 2.42. The molecule has 0 amide bonds. The lowest BCUT2D eigenvalue weighted by Gasteiger charge is -2.32. The van der Waals surface area contributed by atoms with Crippen molar-refractivity contribution in [2.45, 2.75) is 31.1 Å². The highest BCUT2D eigenvalue weighted by molar-refractivity contribution is 6.08. The monoisotopic (exact) mass is 396 g/mol. The van der Waals surface area contributed by atoms with Crippen molar-refractivity contribution < 1.29 is 0 Å². The maximum absolute atomic E-state index is 2.46. The van der Waals surface area contributed by atoms with E-state index in [2.05, 4.69) is 97.1 Å². The quantitative estimate of drug-likeness (QED) is 0.250. The van der Waals surface area contributed by atoms with Crippen LogP contribution < -0.4 is 0 Å². The van der Waals surface area contributed by atoms with E-state index in [1.54, 1.807) is 11.1 Å². The molecule has 5 aromatic carbocycles. The van der Waals surface area contributed by atoms with Crippen molar-refractivity contribution >= 4 is 21.5 Å². The van der Waals surface area contributed by atoms with Crippen molar-refractivity contribution in [3.05, 3.63) is 119 Å². The fraction of sp³-hybridized carbons (Fsp3) is 0.161. The van der Waals surface area contributed by atoms with E-state index in [1.165, 1.54) is 63.1 Å². The zero-order valence-corrected chi connectivity index (χ0v) is 17.5. The second-order valence-electron chi connectivity index (χ2n) is 9.17. The van der Waals surface area contributed by atoms with Crippen LogP contribution in [0.1, 0.15) is 46.9 Å². The highest BCUT2D eigenvalue weighted by atomic mass is 14.4. The lowest BCUT2D eigenvalue weighted by atomic mass is 9.71. The van der Waals surface area contributed by atoms with Crippen molar-refractivity contribution in [1.82, 2.24) is 0 Å². The molecule has 5 aromatic rings. The minimum atomic E-state index is 0.462. The summed E-state index contributed by atoms with van der Waals surface area (Å²) in [6, 6.07) is 36.5. The molecule has 0 saturated heterocycles. The van der Waals surface area contributed by atoms with Gasteiger partial charge in [0.15, 0.2) is 0 Å². The van der Waals surface area contributed by atoms with Crippen LogP contribution in [-0.4, -0.2) is 0 Å². The summed E-state index contributed by atoms with van der Waals surface area (Å²) in [5, 5.41) is 5.58. The molecule has 0 heterocycles. The van der Waals surface area contributed by atoms with Gasteiger partial charge in [0.05, 0.1) is 0 Å². The Bertz CT molecular complexity index is 1430. The van der Waals surface area contributed by atoms with Crippen molar-refractivity contribution in [2.24, 2.45) is 0 Å². The van der Waals surface area contributed by atoms with Crippen molar-refractivity contribution in [3.8, 4) is 11.1 Å². The predicted octanol–water partition coefficient (Wildman–Crippen LogP) is 8.23. The van der Waals surface area contributed by atoms with E-state index >= 15 is 0 Å². The predicted molar refractivity (Wildman–Crippen MR) is 131 cm³/mol. The number of fused-ring (bicyclic) bond motifs is 8. The molecule has 0 bridgehead atoms. The minimum absolute atomic E-state index is 0.462. The Morgan fingerprint density at radius 3 is 2.00 bits per heavy atom. The SMILES string of the molecule is c1ccc2c(c1)-c1ccccc1C2C1CCCc2c1ccc1c2ccc2ccccc21. The number of aryl methyl sites for hydroxylation is 1. The molecule has 148 valence electrons. The Labute approximate surface area is 183 Å². The van der Waals surface area contributed by atoms with Gasteiger partial charge >= 0.3 is 0 Å². The summed E-state index contributed by atoms with van der Waals surface area (Å²) in [5.41, 5.74) is 9.05. The van der Waals surface area contributed by atoms with Gasteiger partial charge < -0.3 is 0 Å². The normalized spacial score (nSPS) is 17.5. The third-order valence-electron chi connectivity index (χ3n) is 7.70. The molecular formula is C31H24. The summed E-state index contributed by atoms with van der Waals surface area (Å²) in [5.74, 6) is 1.01. The lowest BCUT2D eigenvalue weighted by Crippen LogP contribution is -2.17.